The lowest BCUT2D eigenvalue weighted by Crippen LogP contribution is -2.06. The molecule has 0 saturated heterocycles. The molecule has 0 atom stereocenters. The second-order valence-corrected chi connectivity index (χ2v) is 5.34. The topological polar surface area (TPSA) is 43.4 Å². The van der Waals surface area contributed by atoms with Gasteiger partial charge in [-0.2, -0.15) is 0 Å². The fraction of sp³-hybridized carbons (Fsp3) is 0.125. The number of hydrogen-bond donors (Lipinski definition) is 0. The smallest absolute Gasteiger partial charge is 0.308 e. The van der Waals surface area contributed by atoms with Crippen molar-refractivity contribution in [1.82, 2.24) is 0 Å². The van der Waals surface area contributed by atoms with Crippen LogP contribution in [0.1, 0.15) is 22.8 Å². The summed E-state index contributed by atoms with van der Waals surface area (Å²) in [5.74, 6) is -0.143. The van der Waals surface area contributed by atoms with Crippen LogP contribution in [0.25, 0.3) is 0 Å². The van der Waals surface area contributed by atoms with Crippen molar-refractivity contribution in [2.75, 3.05) is 0 Å². The fourth-order valence-corrected chi connectivity index (χ4v) is 2.60. The number of thioether (sulfide) groups is 1. The van der Waals surface area contributed by atoms with Crippen molar-refractivity contribution in [3.05, 3.63) is 59.7 Å². The highest BCUT2D eigenvalue weighted by molar-refractivity contribution is 8.14. The molecule has 0 aliphatic carbocycles. The first-order valence-corrected chi connectivity index (χ1v) is 6.94. The average Bonchev–Trinajstić information content (AvgIpc) is 2.38. The number of benzene rings is 2. The zero-order valence-corrected chi connectivity index (χ0v) is 12.1. The van der Waals surface area contributed by atoms with Crippen LogP contribution < -0.4 is 4.74 Å². The van der Waals surface area contributed by atoms with Gasteiger partial charge in [0.1, 0.15) is 5.75 Å². The van der Waals surface area contributed by atoms with E-state index >= 15 is 0 Å². The molecule has 0 bridgehead atoms. The zero-order valence-electron chi connectivity index (χ0n) is 11.3. The predicted molar refractivity (Wildman–Crippen MR) is 79.1 cm³/mol. The second kappa shape index (κ2) is 6.39. The third-order valence-electron chi connectivity index (χ3n) is 2.56. The number of hydrogen-bond acceptors (Lipinski definition) is 4. The maximum atomic E-state index is 12.3. The van der Waals surface area contributed by atoms with E-state index in [0.717, 1.165) is 22.2 Å². The van der Waals surface area contributed by atoms with Gasteiger partial charge in [-0.25, -0.2) is 0 Å². The van der Waals surface area contributed by atoms with E-state index < -0.39 is 5.97 Å². The molecule has 0 aliphatic heterocycles. The third kappa shape index (κ3) is 3.71. The molecular weight excluding hydrogens is 272 g/mol. The number of carbonyl (C=O) groups is 2. The van der Waals surface area contributed by atoms with Gasteiger partial charge in [0, 0.05) is 11.8 Å². The van der Waals surface area contributed by atoms with E-state index in [-0.39, 0.29) is 5.12 Å². The van der Waals surface area contributed by atoms with Crippen LogP contribution in [0, 0.1) is 6.92 Å². The molecular formula is C16H14O3S. The summed E-state index contributed by atoms with van der Waals surface area (Å²) in [5.41, 5.74) is 1.49. The van der Waals surface area contributed by atoms with Gasteiger partial charge in [0.2, 0.25) is 5.12 Å². The van der Waals surface area contributed by atoms with E-state index in [0.29, 0.717) is 11.3 Å². The van der Waals surface area contributed by atoms with Crippen molar-refractivity contribution < 1.29 is 14.3 Å². The van der Waals surface area contributed by atoms with E-state index in [4.69, 9.17) is 4.74 Å². The lowest BCUT2D eigenvalue weighted by molar-refractivity contribution is -0.131. The Bertz CT molecular complexity index is 650. The number of aryl methyl sites for hydroxylation is 1. The molecule has 2 rings (SSSR count). The van der Waals surface area contributed by atoms with Crippen LogP contribution in [0.4, 0.5) is 0 Å². The Kier molecular flexibility index (Phi) is 4.58. The van der Waals surface area contributed by atoms with Crippen LogP contribution in [-0.2, 0) is 4.79 Å². The normalized spacial score (nSPS) is 10.1. The van der Waals surface area contributed by atoms with E-state index in [1.807, 2.05) is 31.2 Å². The molecule has 0 heterocycles. The summed E-state index contributed by atoms with van der Waals surface area (Å²) in [6, 6.07) is 14.4. The second-order valence-electron chi connectivity index (χ2n) is 4.30. The maximum absolute atomic E-state index is 12.3. The Morgan fingerprint density at radius 2 is 1.80 bits per heavy atom. The lowest BCUT2D eigenvalue weighted by atomic mass is 10.2. The van der Waals surface area contributed by atoms with Gasteiger partial charge in [-0.1, -0.05) is 29.8 Å². The van der Waals surface area contributed by atoms with Crippen LogP contribution in [0.3, 0.4) is 0 Å². The summed E-state index contributed by atoms with van der Waals surface area (Å²) in [7, 11) is 0. The fourth-order valence-electron chi connectivity index (χ4n) is 1.72. The lowest BCUT2D eigenvalue weighted by Gasteiger charge is -2.07. The first-order valence-electron chi connectivity index (χ1n) is 6.12. The highest BCUT2D eigenvalue weighted by atomic mass is 32.2. The standard InChI is InChI=1S/C16H14O3S/c1-11-6-5-7-13(10-11)20-16(18)14-8-3-4-9-15(14)19-12(2)17/h3-10H,1-2H3. The van der Waals surface area contributed by atoms with Gasteiger partial charge in [0.15, 0.2) is 0 Å². The van der Waals surface area contributed by atoms with Crippen LogP contribution in [0.5, 0.6) is 5.75 Å². The van der Waals surface area contributed by atoms with Crippen LogP contribution in [0.15, 0.2) is 53.4 Å². The van der Waals surface area contributed by atoms with E-state index in [1.165, 1.54) is 6.92 Å². The molecule has 0 N–H and O–H groups in total. The summed E-state index contributed by atoms with van der Waals surface area (Å²) in [5, 5.41) is -0.146. The van der Waals surface area contributed by atoms with Crippen LogP contribution in [0.2, 0.25) is 0 Å². The number of esters is 1. The minimum Gasteiger partial charge on any atom is -0.426 e. The molecule has 3 nitrogen and oxygen atoms in total. The van der Waals surface area contributed by atoms with Gasteiger partial charge >= 0.3 is 5.97 Å². The van der Waals surface area contributed by atoms with Crippen LogP contribution in [-0.4, -0.2) is 11.1 Å². The largest absolute Gasteiger partial charge is 0.426 e. The van der Waals surface area contributed by atoms with E-state index in [9.17, 15) is 9.59 Å². The Morgan fingerprint density at radius 1 is 1.05 bits per heavy atom. The van der Waals surface area contributed by atoms with E-state index in [2.05, 4.69) is 0 Å². The molecule has 0 radical (unpaired) electrons. The monoisotopic (exact) mass is 286 g/mol. The molecule has 0 spiro atoms. The third-order valence-corrected chi connectivity index (χ3v) is 3.46. The summed E-state index contributed by atoms with van der Waals surface area (Å²) in [6.07, 6.45) is 0. The Morgan fingerprint density at radius 3 is 2.50 bits per heavy atom. The summed E-state index contributed by atoms with van der Waals surface area (Å²) in [6.45, 7) is 3.29. The molecule has 0 saturated carbocycles. The molecule has 102 valence electrons. The molecule has 4 heteroatoms. The Balaban J connectivity index is 2.23. The van der Waals surface area contributed by atoms with Gasteiger partial charge < -0.3 is 4.74 Å². The first-order chi connectivity index (χ1) is 9.56. The summed E-state index contributed by atoms with van der Waals surface area (Å²) >= 11 is 1.12. The number of rotatable bonds is 3. The Hall–Kier alpha value is -2.07. The van der Waals surface area contributed by atoms with Crippen molar-refractivity contribution in [2.24, 2.45) is 0 Å². The van der Waals surface area contributed by atoms with E-state index in [1.54, 1.807) is 24.3 Å². The SMILES string of the molecule is CC(=O)Oc1ccccc1C(=O)Sc1cccc(C)c1. The van der Waals surface area contributed by atoms with Gasteiger partial charge in [-0.15, -0.1) is 0 Å². The predicted octanol–water partition coefficient (Wildman–Crippen LogP) is 3.85. The van der Waals surface area contributed by atoms with Crippen molar-refractivity contribution in [1.29, 1.82) is 0 Å². The van der Waals surface area contributed by atoms with Gasteiger partial charge in [0.05, 0.1) is 5.56 Å². The molecule has 0 unspecified atom stereocenters. The molecule has 0 fully saturated rings. The molecule has 0 amide bonds. The average molecular weight is 286 g/mol. The highest BCUT2D eigenvalue weighted by Gasteiger charge is 2.14. The van der Waals surface area contributed by atoms with Gasteiger partial charge in [0.25, 0.3) is 0 Å². The van der Waals surface area contributed by atoms with Crippen molar-refractivity contribution in [3.8, 4) is 5.75 Å². The van der Waals surface area contributed by atoms with Gasteiger partial charge in [-0.3, -0.25) is 9.59 Å². The number of para-hydroxylation sites is 1. The molecule has 20 heavy (non-hydrogen) atoms. The minimum atomic E-state index is -0.439. The first kappa shape index (κ1) is 14.3. The molecule has 0 aromatic heterocycles. The maximum Gasteiger partial charge on any atom is 0.308 e. The van der Waals surface area contributed by atoms with Crippen molar-refractivity contribution in [3.63, 3.8) is 0 Å². The number of carbonyl (C=O) groups excluding carboxylic acids is 2. The highest BCUT2D eigenvalue weighted by Crippen LogP contribution is 2.28. The quantitative estimate of drug-likeness (QED) is 0.488. The Labute approximate surface area is 122 Å². The summed E-state index contributed by atoms with van der Waals surface area (Å²) in [4.78, 5) is 24.2. The van der Waals surface area contributed by atoms with Crippen molar-refractivity contribution in [2.45, 2.75) is 18.7 Å². The molecule has 2 aromatic carbocycles. The molecule has 0 aliphatic rings. The number of ether oxygens (including phenoxy) is 1. The summed E-state index contributed by atoms with van der Waals surface area (Å²) < 4.78 is 5.05. The van der Waals surface area contributed by atoms with Crippen LogP contribution >= 0.6 is 11.8 Å². The molecule has 2 aromatic rings. The van der Waals surface area contributed by atoms with Crippen molar-refractivity contribution >= 4 is 22.8 Å². The minimum absolute atomic E-state index is 0.146. The van der Waals surface area contributed by atoms with Gasteiger partial charge in [-0.05, 0) is 43.0 Å². The zero-order chi connectivity index (χ0) is 14.5.